The number of H-pyrrole nitrogens is 1. The first-order valence-electron chi connectivity index (χ1n) is 6.41. The Morgan fingerprint density at radius 1 is 1.45 bits per heavy atom. The largest absolute Gasteiger partial charge is 0.420 e. The van der Waals surface area contributed by atoms with Crippen molar-refractivity contribution >= 4 is 22.7 Å². The van der Waals surface area contributed by atoms with Crippen molar-refractivity contribution in [3.63, 3.8) is 0 Å². The molecule has 1 N–H and O–H groups in total. The van der Waals surface area contributed by atoms with Crippen LogP contribution in [0.25, 0.3) is 11.1 Å². The van der Waals surface area contributed by atoms with Crippen molar-refractivity contribution in [1.29, 1.82) is 0 Å². The van der Waals surface area contributed by atoms with Crippen LogP contribution in [0, 0.1) is 0 Å². The Morgan fingerprint density at radius 3 is 3.10 bits per heavy atom. The summed E-state index contributed by atoms with van der Waals surface area (Å²) >= 11 is 5.89. The quantitative estimate of drug-likeness (QED) is 0.803. The van der Waals surface area contributed by atoms with E-state index in [9.17, 15) is 4.79 Å². The van der Waals surface area contributed by atoms with Crippen LogP contribution in [-0.2, 0) is 6.54 Å². The minimum absolute atomic E-state index is 0.313. The Kier molecular flexibility index (Phi) is 2.47. The van der Waals surface area contributed by atoms with Gasteiger partial charge in [0.25, 0.3) is 0 Å². The Bertz CT molecular complexity index is 844. The van der Waals surface area contributed by atoms with Crippen molar-refractivity contribution < 1.29 is 4.42 Å². The number of fused-ring (bicyclic) bond motifs is 1. The average Bonchev–Trinajstić information content (AvgIpc) is 3.09. The normalized spacial score (nSPS) is 15.1. The third-order valence-electron chi connectivity index (χ3n) is 3.43. The highest BCUT2D eigenvalue weighted by Gasteiger charge is 2.27. The number of nitrogens with zero attached hydrogens (tertiary/aromatic N) is 3. The van der Waals surface area contributed by atoms with Gasteiger partial charge in [0.2, 0.25) is 0 Å². The molecule has 2 aromatic heterocycles. The van der Waals surface area contributed by atoms with Crippen LogP contribution < -0.4 is 5.76 Å². The van der Waals surface area contributed by atoms with Gasteiger partial charge in [-0.3, -0.25) is 9.67 Å². The molecule has 1 aromatic carbocycles. The highest BCUT2D eigenvalue weighted by atomic mass is 35.5. The number of halogens is 1. The molecule has 1 aliphatic rings. The molecule has 20 heavy (non-hydrogen) atoms. The molecule has 0 saturated heterocycles. The highest BCUT2D eigenvalue weighted by molar-refractivity contribution is 6.31. The summed E-state index contributed by atoms with van der Waals surface area (Å²) in [7, 11) is 0. The van der Waals surface area contributed by atoms with E-state index in [-0.39, 0.29) is 0 Å². The van der Waals surface area contributed by atoms with Crippen LogP contribution in [0.3, 0.4) is 0 Å². The van der Waals surface area contributed by atoms with E-state index in [0.29, 0.717) is 34.4 Å². The van der Waals surface area contributed by atoms with Crippen molar-refractivity contribution in [3.8, 4) is 0 Å². The van der Waals surface area contributed by atoms with Crippen LogP contribution in [0.4, 0.5) is 0 Å². The van der Waals surface area contributed by atoms with E-state index >= 15 is 0 Å². The zero-order chi connectivity index (χ0) is 13.7. The van der Waals surface area contributed by atoms with E-state index in [4.69, 9.17) is 16.0 Å². The molecule has 3 aromatic rings. The van der Waals surface area contributed by atoms with E-state index in [2.05, 4.69) is 15.2 Å². The first-order valence-corrected chi connectivity index (χ1v) is 6.78. The lowest BCUT2D eigenvalue weighted by Gasteiger charge is -1.98. The maximum atomic E-state index is 11.9. The molecular weight excluding hydrogens is 280 g/mol. The summed E-state index contributed by atoms with van der Waals surface area (Å²) in [6.45, 7) is 0.313. The minimum Gasteiger partial charge on any atom is -0.408 e. The molecular formula is C13H11ClN4O2. The molecule has 6 nitrogen and oxygen atoms in total. The third kappa shape index (κ3) is 1.92. The number of hydrogen-bond acceptors (Lipinski definition) is 4. The molecule has 0 bridgehead atoms. The number of hydrogen-bond donors (Lipinski definition) is 1. The zero-order valence-electron chi connectivity index (χ0n) is 10.5. The van der Waals surface area contributed by atoms with Crippen LogP contribution in [0.2, 0.25) is 5.02 Å². The second kappa shape index (κ2) is 4.21. The fraction of sp³-hybridized carbons (Fsp3) is 0.308. The summed E-state index contributed by atoms with van der Waals surface area (Å²) in [5, 5.41) is 7.60. The Hall–Kier alpha value is -2.08. The van der Waals surface area contributed by atoms with Crippen molar-refractivity contribution in [2.45, 2.75) is 25.3 Å². The van der Waals surface area contributed by atoms with E-state index in [1.165, 1.54) is 4.57 Å². The van der Waals surface area contributed by atoms with Crippen molar-refractivity contribution in [2.75, 3.05) is 0 Å². The maximum absolute atomic E-state index is 11.9. The van der Waals surface area contributed by atoms with Crippen molar-refractivity contribution in [3.05, 3.63) is 45.4 Å². The number of nitrogens with one attached hydrogen (secondary N) is 1. The van der Waals surface area contributed by atoms with E-state index in [1.807, 2.05) is 0 Å². The fourth-order valence-corrected chi connectivity index (χ4v) is 2.41. The molecule has 0 radical (unpaired) electrons. The summed E-state index contributed by atoms with van der Waals surface area (Å²) in [6, 6.07) is 5.12. The molecule has 4 rings (SSSR count). The number of oxazole rings is 1. The summed E-state index contributed by atoms with van der Waals surface area (Å²) in [4.78, 5) is 16.3. The fourth-order valence-electron chi connectivity index (χ4n) is 2.24. The second-order valence-electron chi connectivity index (χ2n) is 4.98. The Morgan fingerprint density at radius 2 is 2.30 bits per heavy atom. The molecule has 0 aliphatic heterocycles. The second-order valence-corrected chi connectivity index (χ2v) is 5.42. The van der Waals surface area contributed by atoms with E-state index < -0.39 is 5.76 Å². The van der Waals surface area contributed by atoms with Gasteiger partial charge in [-0.25, -0.2) is 9.78 Å². The SMILES string of the molecule is O=c1oc2cc(Cl)ccc2n1Cc1nc(C2CC2)n[nH]1. The van der Waals surface area contributed by atoms with Gasteiger partial charge in [0, 0.05) is 17.0 Å². The van der Waals surface area contributed by atoms with Crippen molar-refractivity contribution in [1.82, 2.24) is 19.7 Å². The number of aromatic amines is 1. The average molecular weight is 291 g/mol. The van der Waals surface area contributed by atoms with Gasteiger partial charge in [-0.15, -0.1) is 0 Å². The molecule has 1 fully saturated rings. The van der Waals surface area contributed by atoms with Crippen LogP contribution >= 0.6 is 11.6 Å². The van der Waals surface area contributed by atoms with Crippen LogP contribution in [-0.4, -0.2) is 19.7 Å². The van der Waals surface area contributed by atoms with Gasteiger partial charge in [0.15, 0.2) is 11.4 Å². The number of rotatable bonds is 3. The summed E-state index contributed by atoms with van der Waals surface area (Å²) < 4.78 is 6.70. The predicted molar refractivity (Wildman–Crippen MR) is 72.9 cm³/mol. The predicted octanol–water partition coefficient (Wildman–Crippen LogP) is 2.29. The van der Waals surface area contributed by atoms with Gasteiger partial charge in [0.05, 0.1) is 12.1 Å². The standard InChI is InChI=1S/C13H11ClN4O2/c14-8-3-4-9-10(5-8)20-13(19)18(9)6-11-15-12(17-16-11)7-1-2-7/h3-5,7H,1-2,6H2,(H,15,16,17). The van der Waals surface area contributed by atoms with Gasteiger partial charge in [-0.2, -0.15) is 5.10 Å². The Labute approximate surface area is 118 Å². The molecule has 0 amide bonds. The molecule has 2 heterocycles. The topological polar surface area (TPSA) is 76.7 Å². The lowest BCUT2D eigenvalue weighted by Crippen LogP contribution is -2.15. The van der Waals surface area contributed by atoms with Gasteiger partial charge in [0.1, 0.15) is 5.82 Å². The van der Waals surface area contributed by atoms with Gasteiger partial charge >= 0.3 is 5.76 Å². The third-order valence-corrected chi connectivity index (χ3v) is 3.66. The maximum Gasteiger partial charge on any atom is 0.420 e. The van der Waals surface area contributed by atoms with Gasteiger partial charge in [-0.1, -0.05) is 11.6 Å². The molecule has 0 unspecified atom stereocenters. The number of benzene rings is 1. The van der Waals surface area contributed by atoms with Crippen LogP contribution in [0.15, 0.2) is 27.4 Å². The molecule has 1 aliphatic carbocycles. The summed E-state index contributed by atoms with van der Waals surface area (Å²) in [5.41, 5.74) is 1.17. The minimum atomic E-state index is -0.424. The van der Waals surface area contributed by atoms with Crippen LogP contribution in [0.5, 0.6) is 0 Å². The van der Waals surface area contributed by atoms with Gasteiger partial charge in [-0.05, 0) is 25.0 Å². The molecule has 1 saturated carbocycles. The zero-order valence-corrected chi connectivity index (χ0v) is 11.2. The van der Waals surface area contributed by atoms with Crippen LogP contribution in [0.1, 0.15) is 30.4 Å². The monoisotopic (exact) mass is 290 g/mol. The lowest BCUT2D eigenvalue weighted by molar-refractivity contribution is 0.514. The smallest absolute Gasteiger partial charge is 0.408 e. The van der Waals surface area contributed by atoms with Crippen molar-refractivity contribution in [2.24, 2.45) is 0 Å². The Balaban J connectivity index is 1.73. The lowest BCUT2D eigenvalue weighted by atomic mass is 10.3. The van der Waals surface area contributed by atoms with E-state index in [1.54, 1.807) is 18.2 Å². The van der Waals surface area contributed by atoms with Gasteiger partial charge < -0.3 is 4.42 Å². The van der Waals surface area contributed by atoms with E-state index in [0.717, 1.165) is 18.7 Å². The first-order chi connectivity index (χ1) is 9.70. The highest BCUT2D eigenvalue weighted by Crippen LogP contribution is 2.37. The molecule has 0 atom stereocenters. The summed E-state index contributed by atoms with van der Waals surface area (Å²) in [6.07, 6.45) is 2.29. The molecule has 7 heteroatoms. The summed E-state index contributed by atoms with van der Waals surface area (Å²) in [5.74, 6) is 1.55. The molecule has 102 valence electrons. The first kappa shape index (κ1) is 11.7. The number of aromatic nitrogens is 4. The molecule has 0 spiro atoms.